The summed E-state index contributed by atoms with van der Waals surface area (Å²) in [6, 6.07) is 0.311. The summed E-state index contributed by atoms with van der Waals surface area (Å²) >= 11 is 0. The van der Waals surface area contributed by atoms with E-state index in [2.05, 4.69) is 10.2 Å². The number of rotatable bonds is 4. The summed E-state index contributed by atoms with van der Waals surface area (Å²) in [5, 5.41) is 7.91. The third-order valence-electron chi connectivity index (χ3n) is 2.93. The maximum Gasteiger partial charge on any atom is 0.317 e. The molecule has 0 saturated carbocycles. The van der Waals surface area contributed by atoms with Gasteiger partial charge in [0, 0.05) is 26.1 Å². The number of anilines is 1. The summed E-state index contributed by atoms with van der Waals surface area (Å²) in [7, 11) is 1.95. The van der Waals surface area contributed by atoms with Crippen molar-refractivity contribution in [3.05, 3.63) is 5.89 Å². The summed E-state index contributed by atoms with van der Waals surface area (Å²) in [6.45, 7) is 4.40. The molecular weight excluding hydrogens is 220 g/mol. The van der Waals surface area contributed by atoms with E-state index in [1.54, 1.807) is 0 Å². The highest BCUT2D eigenvalue weighted by Crippen LogP contribution is 2.19. The molecule has 1 aromatic heterocycles. The first-order valence-corrected chi connectivity index (χ1v) is 6.04. The summed E-state index contributed by atoms with van der Waals surface area (Å²) in [5.74, 6) is 1.02. The molecule has 1 saturated heterocycles. The molecule has 2 N–H and O–H groups in total. The zero-order valence-corrected chi connectivity index (χ0v) is 10.4. The predicted octanol–water partition coefficient (Wildman–Crippen LogP) is 0.952. The molecule has 2 rings (SSSR count). The molecule has 0 aromatic carbocycles. The fraction of sp³-hybridized carbons (Fsp3) is 0.818. The van der Waals surface area contributed by atoms with Crippen LogP contribution in [0.15, 0.2) is 4.42 Å². The van der Waals surface area contributed by atoms with Crippen LogP contribution in [0.4, 0.5) is 6.01 Å². The van der Waals surface area contributed by atoms with Crippen molar-refractivity contribution in [2.24, 2.45) is 11.7 Å². The highest BCUT2D eigenvalue weighted by molar-refractivity contribution is 5.22. The molecule has 0 bridgehead atoms. The summed E-state index contributed by atoms with van der Waals surface area (Å²) in [4.78, 5) is 1.97. The van der Waals surface area contributed by atoms with Crippen LogP contribution in [0.3, 0.4) is 0 Å². The summed E-state index contributed by atoms with van der Waals surface area (Å²) in [5.41, 5.74) is 5.68. The Morgan fingerprint density at radius 3 is 2.94 bits per heavy atom. The van der Waals surface area contributed by atoms with Crippen LogP contribution >= 0.6 is 0 Å². The lowest BCUT2D eigenvalue weighted by atomic mass is 10.0. The van der Waals surface area contributed by atoms with Crippen molar-refractivity contribution in [3.8, 4) is 0 Å². The summed E-state index contributed by atoms with van der Waals surface area (Å²) < 4.78 is 10.9. The lowest BCUT2D eigenvalue weighted by Gasteiger charge is -2.25. The van der Waals surface area contributed by atoms with Gasteiger partial charge in [-0.3, -0.25) is 0 Å². The molecule has 2 atom stereocenters. The van der Waals surface area contributed by atoms with Gasteiger partial charge in [-0.1, -0.05) is 5.10 Å². The second-order valence-corrected chi connectivity index (χ2v) is 4.68. The molecule has 1 fully saturated rings. The lowest BCUT2D eigenvalue weighted by Crippen LogP contribution is -2.31. The van der Waals surface area contributed by atoms with Gasteiger partial charge >= 0.3 is 6.01 Å². The number of nitrogens with two attached hydrogens (primary N) is 1. The zero-order valence-electron chi connectivity index (χ0n) is 10.4. The van der Waals surface area contributed by atoms with Crippen LogP contribution in [-0.4, -0.2) is 37.0 Å². The Bertz CT molecular complexity index is 347. The van der Waals surface area contributed by atoms with E-state index in [9.17, 15) is 0 Å². The molecule has 6 heteroatoms. The molecule has 1 aliphatic heterocycles. The third-order valence-corrected chi connectivity index (χ3v) is 2.93. The van der Waals surface area contributed by atoms with Gasteiger partial charge in [0.15, 0.2) is 0 Å². The Labute approximate surface area is 101 Å². The van der Waals surface area contributed by atoms with Crippen molar-refractivity contribution in [1.29, 1.82) is 0 Å². The normalized spacial score (nSPS) is 22.4. The number of hydrogen-bond acceptors (Lipinski definition) is 6. The van der Waals surface area contributed by atoms with E-state index in [-0.39, 0.29) is 6.04 Å². The van der Waals surface area contributed by atoms with Gasteiger partial charge in [-0.25, -0.2) is 0 Å². The second-order valence-electron chi connectivity index (χ2n) is 4.68. The maximum atomic E-state index is 5.68. The van der Waals surface area contributed by atoms with Crippen molar-refractivity contribution in [1.82, 2.24) is 10.2 Å². The van der Waals surface area contributed by atoms with Gasteiger partial charge in [0.25, 0.3) is 0 Å². The molecule has 96 valence electrons. The first-order chi connectivity index (χ1) is 8.16. The van der Waals surface area contributed by atoms with Crippen LogP contribution < -0.4 is 10.6 Å². The molecule has 17 heavy (non-hydrogen) atoms. The van der Waals surface area contributed by atoms with Crippen LogP contribution in [0.5, 0.6) is 0 Å². The van der Waals surface area contributed by atoms with Gasteiger partial charge in [-0.15, -0.1) is 5.10 Å². The molecule has 2 heterocycles. The minimum Gasteiger partial charge on any atom is -0.406 e. The van der Waals surface area contributed by atoms with Crippen LogP contribution in [0.25, 0.3) is 0 Å². The van der Waals surface area contributed by atoms with Gasteiger partial charge in [0.05, 0.1) is 12.6 Å². The van der Waals surface area contributed by atoms with Gasteiger partial charge in [-0.2, -0.15) is 0 Å². The number of ether oxygens (including phenoxy) is 1. The Morgan fingerprint density at radius 2 is 2.35 bits per heavy atom. The van der Waals surface area contributed by atoms with Crippen LogP contribution in [0, 0.1) is 5.92 Å². The number of aromatic nitrogens is 2. The Morgan fingerprint density at radius 1 is 1.53 bits per heavy atom. The van der Waals surface area contributed by atoms with E-state index in [0.29, 0.717) is 17.8 Å². The largest absolute Gasteiger partial charge is 0.406 e. The van der Waals surface area contributed by atoms with Gasteiger partial charge in [0.1, 0.15) is 0 Å². The number of nitrogens with zero attached hydrogens (tertiary/aromatic N) is 3. The molecule has 1 aromatic rings. The van der Waals surface area contributed by atoms with E-state index in [0.717, 1.165) is 26.2 Å². The average molecular weight is 240 g/mol. The molecule has 2 unspecified atom stereocenters. The third kappa shape index (κ3) is 3.17. The zero-order chi connectivity index (χ0) is 12.3. The molecular formula is C11H20N4O2. The molecule has 6 nitrogen and oxygen atoms in total. The predicted molar refractivity (Wildman–Crippen MR) is 63.7 cm³/mol. The van der Waals surface area contributed by atoms with Gasteiger partial charge in [0.2, 0.25) is 5.89 Å². The Balaban J connectivity index is 1.91. The molecule has 0 amide bonds. The fourth-order valence-corrected chi connectivity index (χ4v) is 1.98. The Kier molecular flexibility index (Phi) is 3.96. The molecule has 0 radical (unpaired) electrons. The standard InChI is InChI=1S/C11H20N4O2/c1-8(12)10-13-14-11(17-10)15(2)6-9-4-3-5-16-7-9/h8-9H,3-7,12H2,1-2H3. The van der Waals surface area contributed by atoms with E-state index < -0.39 is 0 Å². The quantitative estimate of drug-likeness (QED) is 0.844. The van der Waals surface area contributed by atoms with Crippen molar-refractivity contribution >= 4 is 6.01 Å². The van der Waals surface area contributed by atoms with Crippen molar-refractivity contribution < 1.29 is 9.15 Å². The first-order valence-electron chi connectivity index (χ1n) is 6.04. The molecule has 1 aliphatic rings. The minimum absolute atomic E-state index is 0.220. The lowest BCUT2D eigenvalue weighted by molar-refractivity contribution is 0.0573. The summed E-state index contributed by atoms with van der Waals surface area (Å²) in [6.07, 6.45) is 2.33. The topological polar surface area (TPSA) is 77.4 Å². The maximum absolute atomic E-state index is 5.68. The van der Waals surface area contributed by atoms with Crippen LogP contribution in [0.2, 0.25) is 0 Å². The first kappa shape index (κ1) is 12.3. The van der Waals surface area contributed by atoms with E-state index in [1.807, 2.05) is 18.9 Å². The highest BCUT2D eigenvalue weighted by atomic mass is 16.5. The molecule has 0 aliphatic carbocycles. The second kappa shape index (κ2) is 5.46. The minimum atomic E-state index is -0.220. The van der Waals surface area contributed by atoms with Gasteiger partial charge in [-0.05, 0) is 19.8 Å². The van der Waals surface area contributed by atoms with Crippen molar-refractivity contribution in [3.63, 3.8) is 0 Å². The Hall–Kier alpha value is -1.14. The van der Waals surface area contributed by atoms with E-state index >= 15 is 0 Å². The van der Waals surface area contributed by atoms with E-state index in [4.69, 9.17) is 14.9 Å². The highest BCUT2D eigenvalue weighted by Gasteiger charge is 2.19. The smallest absolute Gasteiger partial charge is 0.317 e. The van der Waals surface area contributed by atoms with Crippen molar-refractivity contribution in [2.45, 2.75) is 25.8 Å². The van der Waals surface area contributed by atoms with Gasteiger partial charge < -0.3 is 19.8 Å². The van der Waals surface area contributed by atoms with E-state index in [1.165, 1.54) is 6.42 Å². The number of hydrogen-bond donors (Lipinski definition) is 1. The van der Waals surface area contributed by atoms with Crippen molar-refractivity contribution in [2.75, 3.05) is 31.7 Å². The van der Waals surface area contributed by atoms with Crippen LogP contribution in [-0.2, 0) is 4.74 Å². The fourth-order valence-electron chi connectivity index (χ4n) is 1.98. The average Bonchev–Trinajstić information content (AvgIpc) is 2.79. The monoisotopic (exact) mass is 240 g/mol. The SMILES string of the molecule is CC(N)c1nnc(N(C)CC2CCCOC2)o1. The van der Waals surface area contributed by atoms with Crippen LogP contribution in [0.1, 0.15) is 31.7 Å². The molecule has 0 spiro atoms.